The molecule has 17 heavy (non-hydrogen) atoms. The second-order valence-corrected chi connectivity index (χ2v) is 3.93. The minimum Gasteiger partial charge on any atom is -0.494 e. The fourth-order valence-corrected chi connectivity index (χ4v) is 1.58. The van der Waals surface area contributed by atoms with Gasteiger partial charge in [0.25, 0.3) is 0 Å². The summed E-state index contributed by atoms with van der Waals surface area (Å²) < 4.78 is 5.51. The molecule has 0 aliphatic rings. The van der Waals surface area contributed by atoms with E-state index in [1.807, 2.05) is 31.2 Å². The van der Waals surface area contributed by atoms with Gasteiger partial charge in [0.1, 0.15) is 5.75 Å². The SMILES string of the molecule is CCC(CCOc1cccc(CN)c1)C(=O)O. The second-order valence-electron chi connectivity index (χ2n) is 3.93. The van der Waals surface area contributed by atoms with Crippen LogP contribution in [0, 0.1) is 5.92 Å². The molecule has 1 aromatic rings. The van der Waals surface area contributed by atoms with E-state index in [2.05, 4.69) is 0 Å². The van der Waals surface area contributed by atoms with Crippen LogP contribution in [0.5, 0.6) is 5.75 Å². The molecule has 1 unspecified atom stereocenters. The number of rotatable bonds is 7. The van der Waals surface area contributed by atoms with Gasteiger partial charge in [0.2, 0.25) is 0 Å². The summed E-state index contributed by atoms with van der Waals surface area (Å²) in [6, 6.07) is 7.54. The van der Waals surface area contributed by atoms with Gasteiger partial charge in [0.05, 0.1) is 12.5 Å². The first kappa shape index (κ1) is 13.5. The van der Waals surface area contributed by atoms with Gasteiger partial charge in [-0.2, -0.15) is 0 Å². The summed E-state index contributed by atoms with van der Waals surface area (Å²) in [5.74, 6) is -0.340. The number of ether oxygens (including phenoxy) is 1. The molecular weight excluding hydrogens is 218 g/mol. The number of hydrogen-bond donors (Lipinski definition) is 2. The molecule has 1 atom stereocenters. The third-order valence-electron chi connectivity index (χ3n) is 2.71. The molecule has 4 heteroatoms. The van der Waals surface area contributed by atoms with Gasteiger partial charge in [-0.3, -0.25) is 4.79 Å². The minimum atomic E-state index is -0.758. The number of carboxylic acid groups (broad SMARTS) is 1. The minimum absolute atomic E-state index is 0.326. The first-order chi connectivity index (χ1) is 8.17. The molecule has 4 nitrogen and oxygen atoms in total. The van der Waals surface area contributed by atoms with Gasteiger partial charge in [-0.05, 0) is 30.5 Å². The predicted molar refractivity (Wildman–Crippen MR) is 65.9 cm³/mol. The van der Waals surface area contributed by atoms with Crippen LogP contribution in [-0.4, -0.2) is 17.7 Å². The lowest BCUT2D eigenvalue weighted by Crippen LogP contribution is -2.16. The van der Waals surface area contributed by atoms with Crippen molar-refractivity contribution in [2.24, 2.45) is 11.7 Å². The maximum absolute atomic E-state index is 10.8. The van der Waals surface area contributed by atoms with Crippen LogP contribution >= 0.6 is 0 Å². The van der Waals surface area contributed by atoms with Crippen molar-refractivity contribution in [1.82, 2.24) is 0 Å². The molecule has 94 valence electrons. The average Bonchev–Trinajstić information content (AvgIpc) is 2.34. The van der Waals surface area contributed by atoms with Crippen molar-refractivity contribution in [3.63, 3.8) is 0 Å². The predicted octanol–water partition coefficient (Wildman–Crippen LogP) is 2.02. The van der Waals surface area contributed by atoms with Gasteiger partial charge in [0, 0.05) is 6.54 Å². The van der Waals surface area contributed by atoms with Gasteiger partial charge in [-0.15, -0.1) is 0 Å². The largest absolute Gasteiger partial charge is 0.494 e. The number of hydrogen-bond acceptors (Lipinski definition) is 3. The first-order valence-electron chi connectivity index (χ1n) is 5.82. The van der Waals surface area contributed by atoms with E-state index < -0.39 is 5.97 Å². The summed E-state index contributed by atoms with van der Waals surface area (Å²) in [6.45, 7) is 2.76. The highest BCUT2D eigenvalue weighted by Gasteiger charge is 2.14. The molecule has 0 radical (unpaired) electrons. The fourth-order valence-electron chi connectivity index (χ4n) is 1.58. The van der Waals surface area contributed by atoms with Crippen LogP contribution in [0.2, 0.25) is 0 Å². The molecule has 0 amide bonds. The number of nitrogens with two attached hydrogens (primary N) is 1. The van der Waals surface area contributed by atoms with Crippen molar-refractivity contribution in [2.45, 2.75) is 26.3 Å². The summed E-state index contributed by atoms with van der Waals surface area (Å²) in [5, 5.41) is 8.88. The van der Waals surface area contributed by atoms with Gasteiger partial charge >= 0.3 is 5.97 Å². The van der Waals surface area contributed by atoms with E-state index in [9.17, 15) is 4.79 Å². The van der Waals surface area contributed by atoms with Crippen LogP contribution in [0.1, 0.15) is 25.3 Å². The zero-order valence-electron chi connectivity index (χ0n) is 10.1. The number of carboxylic acids is 1. The molecule has 0 aliphatic carbocycles. The van der Waals surface area contributed by atoms with E-state index in [0.29, 0.717) is 26.0 Å². The maximum atomic E-state index is 10.8. The van der Waals surface area contributed by atoms with E-state index in [1.54, 1.807) is 0 Å². The Bertz CT molecular complexity index is 365. The molecule has 1 rings (SSSR count). The molecule has 0 saturated heterocycles. The van der Waals surface area contributed by atoms with Crippen LogP contribution in [0.15, 0.2) is 24.3 Å². The Morgan fingerprint density at radius 1 is 1.53 bits per heavy atom. The lowest BCUT2D eigenvalue weighted by molar-refractivity contribution is -0.142. The zero-order chi connectivity index (χ0) is 12.7. The van der Waals surface area contributed by atoms with Gasteiger partial charge in [-0.1, -0.05) is 19.1 Å². The number of benzene rings is 1. The third-order valence-corrected chi connectivity index (χ3v) is 2.71. The average molecular weight is 237 g/mol. The summed E-state index contributed by atoms with van der Waals surface area (Å²) in [5.41, 5.74) is 6.53. The van der Waals surface area contributed by atoms with Gasteiger partial charge in [-0.25, -0.2) is 0 Å². The highest BCUT2D eigenvalue weighted by atomic mass is 16.5. The standard InChI is InChI=1S/C13H19NO3/c1-2-11(13(15)16)6-7-17-12-5-3-4-10(8-12)9-14/h3-5,8,11H,2,6-7,9,14H2,1H3,(H,15,16). The third kappa shape index (κ3) is 4.44. The molecule has 1 aromatic carbocycles. The molecule has 0 fully saturated rings. The van der Waals surface area contributed by atoms with Crippen LogP contribution in [-0.2, 0) is 11.3 Å². The highest BCUT2D eigenvalue weighted by Crippen LogP contribution is 2.15. The second kappa shape index (κ2) is 6.91. The van der Waals surface area contributed by atoms with Crippen molar-refractivity contribution < 1.29 is 14.6 Å². The molecule has 3 N–H and O–H groups in total. The molecule has 0 spiro atoms. The normalized spacial score (nSPS) is 12.1. The Morgan fingerprint density at radius 2 is 2.29 bits per heavy atom. The topological polar surface area (TPSA) is 72.5 Å². The monoisotopic (exact) mass is 237 g/mol. The van der Waals surface area contributed by atoms with E-state index in [-0.39, 0.29) is 5.92 Å². The molecule has 0 heterocycles. The molecule has 0 aliphatic heterocycles. The van der Waals surface area contributed by atoms with E-state index in [0.717, 1.165) is 11.3 Å². The Kier molecular flexibility index (Phi) is 5.49. The van der Waals surface area contributed by atoms with Crippen molar-refractivity contribution in [2.75, 3.05) is 6.61 Å². The Labute approximate surface area is 101 Å². The summed E-state index contributed by atoms with van der Waals surface area (Å²) in [4.78, 5) is 10.8. The zero-order valence-corrected chi connectivity index (χ0v) is 10.1. The number of aliphatic carboxylic acids is 1. The van der Waals surface area contributed by atoms with Crippen molar-refractivity contribution in [1.29, 1.82) is 0 Å². The lowest BCUT2D eigenvalue weighted by atomic mass is 10.0. The lowest BCUT2D eigenvalue weighted by Gasteiger charge is -2.11. The number of carbonyl (C=O) groups is 1. The van der Waals surface area contributed by atoms with Gasteiger partial charge < -0.3 is 15.6 Å². The molecule has 0 saturated carbocycles. The van der Waals surface area contributed by atoms with Crippen molar-refractivity contribution in [3.05, 3.63) is 29.8 Å². The fraction of sp³-hybridized carbons (Fsp3) is 0.462. The smallest absolute Gasteiger partial charge is 0.306 e. The maximum Gasteiger partial charge on any atom is 0.306 e. The molecular formula is C13H19NO3. The molecule has 0 aromatic heterocycles. The van der Waals surface area contributed by atoms with Crippen LogP contribution in [0.25, 0.3) is 0 Å². The quantitative estimate of drug-likeness (QED) is 0.761. The molecule has 0 bridgehead atoms. The van der Waals surface area contributed by atoms with Crippen molar-refractivity contribution >= 4 is 5.97 Å². The van der Waals surface area contributed by atoms with E-state index in [4.69, 9.17) is 15.6 Å². The first-order valence-corrected chi connectivity index (χ1v) is 5.82. The Balaban J connectivity index is 2.42. The van der Waals surface area contributed by atoms with Crippen LogP contribution < -0.4 is 10.5 Å². The van der Waals surface area contributed by atoms with E-state index >= 15 is 0 Å². The summed E-state index contributed by atoms with van der Waals surface area (Å²) >= 11 is 0. The Hall–Kier alpha value is -1.55. The highest BCUT2D eigenvalue weighted by molar-refractivity contribution is 5.69. The van der Waals surface area contributed by atoms with Crippen molar-refractivity contribution in [3.8, 4) is 5.75 Å². The summed E-state index contributed by atoms with van der Waals surface area (Å²) in [6.07, 6.45) is 1.15. The van der Waals surface area contributed by atoms with Crippen LogP contribution in [0.3, 0.4) is 0 Å². The Morgan fingerprint density at radius 3 is 2.88 bits per heavy atom. The van der Waals surface area contributed by atoms with Crippen LogP contribution in [0.4, 0.5) is 0 Å². The summed E-state index contributed by atoms with van der Waals surface area (Å²) in [7, 11) is 0. The van der Waals surface area contributed by atoms with E-state index in [1.165, 1.54) is 0 Å². The van der Waals surface area contributed by atoms with Gasteiger partial charge in [0.15, 0.2) is 0 Å².